The third-order valence-electron chi connectivity index (χ3n) is 5.66. The average Bonchev–Trinajstić information content (AvgIpc) is 3.20. The smallest absolute Gasteiger partial charge is 0.338 e. The molecule has 1 aromatic heterocycles. The lowest BCUT2D eigenvalue weighted by atomic mass is 9.93. The van der Waals surface area contributed by atoms with Crippen LogP contribution in [0.3, 0.4) is 0 Å². The predicted octanol–water partition coefficient (Wildman–Crippen LogP) is 4.70. The van der Waals surface area contributed by atoms with Crippen LogP contribution in [0.25, 0.3) is 11.8 Å². The van der Waals surface area contributed by atoms with Gasteiger partial charge in [0.1, 0.15) is 0 Å². The Bertz CT molecular complexity index is 1590. The number of benzene rings is 3. The number of carbonyl (C=O) groups is 1. The summed E-state index contributed by atoms with van der Waals surface area (Å²) in [6, 6.07) is 26.2. The van der Waals surface area contributed by atoms with Gasteiger partial charge in [-0.25, -0.2) is 9.79 Å². The van der Waals surface area contributed by atoms with Gasteiger partial charge in [-0.1, -0.05) is 100 Å². The van der Waals surface area contributed by atoms with E-state index >= 15 is 0 Å². The molecule has 0 N–H and O–H groups in total. The molecule has 0 fully saturated rings. The standard InChI is InChI=1S/C28H21BrN2O3S/c1-2-34-27(33)23-24(19-9-5-3-6-10-19)30-28-31(25(23)20-11-7-4-8-12-20)26(32)22(35-28)17-18-13-15-21(29)16-14-18/h3-17,25H,2H2,1H3/b22-17+/t25-/m1/s1. The van der Waals surface area contributed by atoms with Crippen molar-refractivity contribution < 1.29 is 9.53 Å². The van der Waals surface area contributed by atoms with Crippen LogP contribution >= 0.6 is 27.3 Å². The molecule has 0 aliphatic carbocycles. The predicted molar refractivity (Wildman–Crippen MR) is 142 cm³/mol. The van der Waals surface area contributed by atoms with Gasteiger partial charge in [-0.3, -0.25) is 9.36 Å². The second-order valence-electron chi connectivity index (χ2n) is 7.89. The molecular formula is C28H21BrN2O3S. The van der Waals surface area contributed by atoms with Crippen molar-refractivity contribution in [1.29, 1.82) is 0 Å². The molecule has 35 heavy (non-hydrogen) atoms. The number of hydrogen-bond acceptors (Lipinski definition) is 5. The molecule has 174 valence electrons. The fraction of sp³-hybridized carbons (Fsp3) is 0.107. The average molecular weight is 545 g/mol. The first kappa shape index (κ1) is 23.2. The van der Waals surface area contributed by atoms with E-state index in [1.807, 2.05) is 91.0 Å². The van der Waals surface area contributed by atoms with E-state index in [-0.39, 0.29) is 12.2 Å². The maximum Gasteiger partial charge on any atom is 0.338 e. The monoisotopic (exact) mass is 544 g/mol. The lowest BCUT2D eigenvalue weighted by molar-refractivity contribution is -0.138. The summed E-state index contributed by atoms with van der Waals surface area (Å²) in [7, 11) is 0. The molecule has 0 bridgehead atoms. The minimum atomic E-state index is -0.659. The summed E-state index contributed by atoms with van der Waals surface area (Å²) in [4.78, 5) is 32.5. The number of carbonyl (C=O) groups excluding carboxylic acids is 1. The highest BCUT2D eigenvalue weighted by Crippen LogP contribution is 2.35. The van der Waals surface area contributed by atoms with E-state index in [1.54, 1.807) is 11.5 Å². The van der Waals surface area contributed by atoms with Crippen molar-refractivity contribution in [2.45, 2.75) is 13.0 Å². The molecule has 3 aromatic carbocycles. The Kier molecular flexibility index (Phi) is 6.61. The van der Waals surface area contributed by atoms with E-state index in [1.165, 1.54) is 11.3 Å². The summed E-state index contributed by atoms with van der Waals surface area (Å²) in [6.07, 6.45) is 1.86. The van der Waals surface area contributed by atoms with Gasteiger partial charge in [0.05, 0.1) is 28.5 Å². The minimum Gasteiger partial charge on any atom is -0.463 e. The van der Waals surface area contributed by atoms with E-state index in [4.69, 9.17) is 9.73 Å². The SMILES string of the molecule is CCOC(=O)C1=C(c2ccccc2)N=c2s/c(=C/c3ccc(Br)cc3)c(=O)n2[C@@H]1c1ccccc1. The van der Waals surface area contributed by atoms with Crippen molar-refractivity contribution >= 4 is 45.0 Å². The van der Waals surface area contributed by atoms with Crippen LogP contribution in [-0.2, 0) is 9.53 Å². The van der Waals surface area contributed by atoms with Gasteiger partial charge in [-0.05, 0) is 36.3 Å². The molecule has 4 aromatic rings. The van der Waals surface area contributed by atoms with Gasteiger partial charge in [-0.15, -0.1) is 0 Å². The molecule has 2 heterocycles. The summed E-state index contributed by atoms with van der Waals surface area (Å²) in [5.41, 5.74) is 3.19. The molecule has 1 aliphatic rings. The van der Waals surface area contributed by atoms with Crippen molar-refractivity contribution in [3.8, 4) is 0 Å². The highest BCUT2D eigenvalue weighted by molar-refractivity contribution is 9.10. The zero-order valence-corrected chi connectivity index (χ0v) is 21.3. The Morgan fingerprint density at radius 1 is 1.03 bits per heavy atom. The Morgan fingerprint density at radius 2 is 1.69 bits per heavy atom. The largest absolute Gasteiger partial charge is 0.463 e. The van der Waals surface area contributed by atoms with Gasteiger partial charge in [0, 0.05) is 10.0 Å². The molecule has 7 heteroatoms. The van der Waals surface area contributed by atoms with E-state index in [0.717, 1.165) is 21.2 Å². The van der Waals surface area contributed by atoms with E-state index in [0.29, 0.717) is 20.6 Å². The van der Waals surface area contributed by atoms with Gasteiger partial charge >= 0.3 is 5.97 Å². The van der Waals surface area contributed by atoms with Crippen LogP contribution in [0, 0.1) is 0 Å². The minimum absolute atomic E-state index is 0.195. The van der Waals surface area contributed by atoms with E-state index in [9.17, 15) is 9.59 Å². The van der Waals surface area contributed by atoms with E-state index in [2.05, 4.69) is 15.9 Å². The summed E-state index contributed by atoms with van der Waals surface area (Å²) in [5.74, 6) is -0.480. The number of halogens is 1. The molecule has 0 unspecified atom stereocenters. The van der Waals surface area contributed by atoms with Crippen LogP contribution in [-0.4, -0.2) is 17.1 Å². The molecule has 0 saturated heterocycles. The summed E-state index contributed by atoms with van der Waals surface area (Å²) in [6.45, 7) is 1.99. The molecule has 0 radical (unpaired) electrons. The van der Waals surface area contributed by atoms with Gasteiger partial charge < -0.3 is 4.74 Å². The third kappa shape index (κ3) is 4.57. The Hall–Kier alpha value is -3.55. The molecule has 0 amide bonds. The first-order chi connectivity index (χ1) is 17.1. The highest BCUT2D eigenvalue weighted by Gasteiger charge is 2.35. The maximum absolute atomic E-state index is 13.7. The lowest BCUT2D eigenvalue weighted by Gasteiger charge is -2.25. The van der Waals surface area contributed by atoms with Crippen LogP contribution < -0.4 is 14.9 Å². The Morgan fingerprint density at radius 3 is 2.34 bits per heavy atom. The fourth-order valence-electron chi connectivity index (χ4n) is 4.10. The van der Waals surface area contributed by atoms with E-state index < -0.39 is 12.0 Å². The summed E-state index contributed by atoms with van der Waals surface area (Å²) in [5, 5.41) is 0. The van der Waals surface area contributed by atoms with Crippen LogP contribution in [0.1, 0.15) is 29.7 Å². The zero-order chi connectivity index (χ0) is 24.4. The van der Waals surface area contributed by atoms with Crippen molar-refractivity contribution in [2.75, 3.05) is 6.61 Å². The number of hydrogen-bond donors (Lipinski definition) is 0. The molecule has 0 saturated carbocycles. The van der Waals surface area contributed by atoms with Crippen molar-refractivity contribution in [2.24, 2.45) is 4.99 Å². The number of fused-ring (bicyclic) bond motifs is 1. The number of ether oxygens (including phenoxy) is 1. The summed E-state index contributed by atoms with van der Waals surface area (Å²) >= 11 is 4.76. The Labute approximate surface area is 214 Å². The molecular weight excluding hydrogens is 524 g/mol. The normalized spacial score (nSPS) is 15.5. The third-order valence-corrected chi connectivity index (χ3v) is 7.17. The van der Waals surface area contributed by atoms with Gasteiger partial charge in [0.25, 0.3) is 5.56 Å². The molecule has 1 aliphatic heterocycles. The van der Waals surface area contributed by atoms with Crippen LogP contribution in [0.4, 0.5) is 0 Å². The molecule has 5 nitrogen and oxygen atoms in total. The highest BCUT2D eigenvalue weighted by atomic mass is 79.9. The van der Waals surface area contributed by atoms with Gasteiger partial charge in [0.2, 0.25) is 0 Å². The quantitative estimate of drug-likeness (QED) is 0.342. The van der Waals surface area contributed by atoms with Crippen LogP contribution in [0.15, 0.2) is 105 Å². The molecule has 5 rings (SSSR count). The topological polar surface area (TPSA) is 60.7 Å². The van der Waals surface area contributed by atoms with Crippen molar-refractivity contribution in [3.63, 3.8) is 0 Å². The summed E-state index contributed by atoms with van der Waals surface area (Å²) < 4.78 is 8.60. The second kappa shape index (κ2) is 9.98. The molecule has 1 atom stereocenters. The first-order valence-corrected chi connectivity index (χ1v) is 12.8. The van der Waals surface area contributed by atoms with Gasteiger partial charge in [0.15, 0.2) is 4.80 Å². The fourth-order valence-corrected chi connectivity index (χ4v) is 5.37. The lowest BCUT2D eigenvalue weighted by Crippen LogP contribution is -2.39. The zero-order valence-electron chi connectivity index (χ0n) is 18.9. The number of aromatic nitrogens is 1. The van der Waals surface area contributed by atoms with Crippen molar-refractivity contribution in [3.05, 3.63) is 131 Å². The second-order valence-corrected chi connectivity index (χ2v) is 9.82. The Balaban J connectivity index is 1.82. The van der Waals surface area contributed by atoms with Crippen LogP contribution in [0.2, 0.25) is 0 Å². The number of nitrogens with zero attached hydrogens (tertiary/aromatic N) is 2. The van der Waals surface area contributed by atoms with Gasteiger partial charge in [-0.2, -0.15) is 0 Å². The van der Waals surface area contributed by atoms with Crippen LogP contribution in [0.5, 0.6) is 0 Å². The van der Waals surface area contributed by atoms with Crippen molar-refractivity contribution in [1.82, 2.24) is 4.57 Å². The number of thiazole rings is 1. The maximum atomic E-state index is 13.7. The number of rotatable bonds is 5. The first-order valence-electron chi connectivity index (χ1n) is 11.2. The molecule has 0 spiro atoms. The number of esters is 1.